The highest BCUT2D eigenvalue weighted by Gasteiger charge is 2.10. The molecule has 0 aliphatic heterocycles. The number of hydrogen-bond acceptors (Lipinski definition) is 3. The van der Waals surface area contributed by atoms with Crippen LogP contribution in [-0.2, 0) is 0 Å². The summed E-state index contributed by atoms with van der Waals surface area (Å²) in [4.78, 5) is 14.6. The predicted molar refractivity (Wildman–Crippen MR) is 47.3 cm³/mol. The summed E-state index contributed by atoms with van der Waals surface area (Å²) in [7, 11) is 0. The molecule has 0 aliphatic carbocycles. The Morgan fingerprint density at radius 3 is 3.15 bits per heavy atom. The van der Waals surface area contributed by atoms with Crippen LogP contribution in [0.5, 0.6) is 0 Å². The number of nitrogens with one attached hydrogen (secondary N) is 1. The van der Waals surface area contributed by atoms with Crippen LogP contribution in [0, 0.1) is 4.64 Å². The van der Waals surface area contributed by atoms with Gasteiger partial charge in [0.2, 0.25) is 0 Å². The van der Waals surface area contributed by atoms with E-state index in [9.17, 15) is 4.79 Å². The predicted octanol–water partition coefficient (Wildman–Crippen LogP) is 1.09. The Bertz CT molecular complexity index is 528. The monoisotopic (exact) mass is 195 g/mol. The molecule has 0 saturated carbocycles. The minimum Gasteiger partial charge on any atom is -0.477 e. The average molecular weight is 195 g/mol. The fraction of sp³-hybridized carbons (Fsp3) is 0. The molecule has 0 unspecified atom stereocenters. The summed E-state index contributed by atoms with van der Waals surface area (Å²) in [6, 6.07) is 1.62. The van der Waals surface area contributed by atoms with E-state index in [4.69, 9.17) is 17.3 Å². The molecular weight excluding hydrogens is 190 g/mol. The molecular formula is C7H5N3O2S. The number of carbonyl (C=O) groups is 1. The van der Waals surface area contributed by atoms with Gasteiger partial charge in [0.15, 0.2) is 5.65 Å². The summed E-state index contributed by atoms with van der Waals surface area (Å²) in [6.45, 7) is 0. The fourth-order valence-corrected chi connectivity index (χ4v) is 1.27. The molecule has 0 fully saturated rings. The third-order valence-electron chi connectivity index (χ3n) is 1.66. The maximum Gasteiger partial charge on any atom is 0.341 e. The van der Waals surface area contributed by atoms with Crippen LogP contribution in [-0.4, -0.2) is 25.7 Å². The minimum atomic E-state index is -1.02. The summed E-state index contributed by atoms with van der Waals surface area (Å²) >= 11 is 4.95. The van der Waals surface area contributed by atoms with Crippen molar-refractivity contribution < 1.29 is 9.90 Å². The number of hydrogen-bond donors (Lipinski definition) is 2. The van der Waals surface area contributed by atoms with E-state index in [2.05, 4.69) is 10.1 Å². The molecule has 0 radical (unpaired) electrons. The third-order valence-corrected chi connectivity index (χ3v) is 1.97. The number of H-pyrrole nitrogens is 1. The van der Waals surface area contributed by atoms with E-state index in [1.165, 1.54) is 16.9 Å². The number of aromatic carboxylic acids is 1. The first kappa shape index (κ1) is 7.93. The van der Waals surface area contributed by atoms with Crippen LogP contribution in [0.1, 0.15) is 10.4 Å². The van der Waals surface area contributed by atoms with Gasteiger partial charge in [-0.05, 0) is 6.07 Å². The second kappa shape index (κ2) is 2.67. The number of carboxylic acid groups (broad SMARTS) is 1. The quantitative estimate of drug-likeness (QED) is 0.668. The molecule has 5 nitrogen and oxygen atoms in total. The summed E-state index contributed by atoms with van der Waals surface area (Å²) in [5, 5.41) is 11.5. The first-order valence-corrected chi connectivity index (χ1v) is 3.89. The largest absolute Gasteiger partial charge is 0.477 e. The maximum absolute atomic E-state index is 10.7. The van der Waals surface area contributed by atoms with Gasteiger partial charge in [-0.1, -0.05) is 12.2 Å². The van der Waals surface area contributed by atoms with Gasteiger partial charge in [-0.2, -0.15) is 0 Å². The van der Waals surface area contributed by atoms with Crippen LogP contribution in [0.4, 0.5) is 0 Å². The molecule has 13 heavy (non-hydrogen) atoms. The zero-order valence-electron chi connectivity index (χ0n) is 6.39. The van der Waals surface area contributed by atoms with Crippen molar-refractivity contribution in [3.05, 3.63) is 28.7 Å². The van der Waals surface area contributed by atoms with Gasteiger partial charge in [-0.25, -0.2) is 14.3 Å². The summed E-state index contributed by atoms with van der Waals surface area (Å²) in [5.41, 5.74) is 0.451. The van der Waals surface area contributed by atoms with Crippen molar-refractivity contribution in [1.29, 1.82) is 0 Å². The molecule has 2 aromatic heterocycles. The molecule has 6 heteroatoms. The van der Waals surface area contributed by atoms with Crippen molar-refractivity contribution in [2.45, 2.75) is 0 Å². The van der Waals surface area contributed by atoms with Crippen molar-refractivity contribution in [3.63, 3.8) is 0 Å². The lowest BCUT2D eigenvalue weighted by molar-refractivity contribution is 0.0699. The molecule has 0 saturated heterocycles. The van der Waals surface area contributed by atoms with Gasteiger partial charge >= 0.3 is 5.97 Å². The fourth-order valence-electron chi connectivity index (χ4n) is 1.07. The SMILES string of the molecule is O=C(O)c1c[nH]n2c(=S)ccnc12. The van der Waals surface area contributed by atoms with Crippen molar-refractivity contribution >= 4 is 23.8 Å². The van der Waals surface area contributed by atoms with E-state index in [-0.39, 0.29) is 5.56 Å². The highest BCUT2D eigenvalue weighted by Crippen LogP contribution is 2.07. The lowest BCUT2D eigenvalue weighted by Gasteiger charge is -1.92. The van der Waals surface area contributed by atoms with Crippen molar-refractivity contribution in [2.24, 2.45) is 0 Å². The van der Waals surface area contributed by atoms with Gasteiger partial charge in [-0.3, -0.25) is 5.10 Å². The Morgan fingerprint density at radius 1 is 1.69 bits per heavy atom. The molecule has 2 rings (SSSR count). The van der Waals surface area contributed by atoms with Crippen LogP contribution in [0.3, 0.4) is 0 Å². The van der Waals surface area contributed by atoms with Crippen LogP contribution >= 0.6 is 12.2 Å². The van der Waals surface area contributed by atoms with Crippen LogP contribution in [0.25, 0.3) is 5.65 Å². The first-order chi connectivity index (χ1) is 6.20. The average Bonchev–Trinajstić information content (AvgIpc) is 2.48. The van der Waals surface area contributed by atoms with Crippen molar-refractivity contribution in [2.75, 3.05) is 0 Å². The molecule has 2 aromatic rings. The molecule has 0 atom stereocenters. The number of aromatic nitrogens is 3. The third kappa shape index (κ3) is 1.11. The van der Waals surface area contributed by atoms with Crippen molar-refractivity contribution in [3.8, 4) is 0 Å². The van der Waals surface area contributed by atoms with Gasteiger partial charge < -0.3 is 5.11 Å². The summed E-state index contributed by atoms with van der Waals surface area (Å²) in [5.74, 6) is -1.02. The summed E-state index contributed by atoms with van der Waals surface area (Å²) in [6.07, 6.45) is 2.85. The molecule has 0 amide bonds. The highest BCUT2D eigenvalue weighted by molar-refractivity contribution is 7.71. The first-order valence-electron chi connectivity index (χ1n) is 3.48. The Hall–Kier alpha value is -1.69. The van der Waals surface area contributed by atoms with E-state index in [1.807, 2.05) is 0 Å². The zero-order valence-corrected chi connectivity index (χ0v) is 7.21. The van der Waals surface area contributed by atoms with E-state index in [0.29, 0.717) is 10.3 Å². The smallest absolute Gasteiger partial charge is 0.341 e. The Labute approximate surface area is 77.6 Å². The van der Waals surface area contributed by atoms with Gasteiger partial charge in [0.1, 0.15) is 10.2 Å². The molecule has 2 heterocycles. The normalized spacial score (nSPS) is 10.5. The topological polar surface area (TPSA) is 70.4 Å². The van der Waals surface area contributed by atoms with E-state index >= 15 is 0 Å². The second-order valence-electron chi connectivity index (χ2n) is 2.43. The van der Waals surface area contributed by atoms with E-state index in [0.717, 1.165) is 0 Å². The lowest BCUT2D eigenvalue weighted by atomic mass is 10.3. The summed E-state index contributed by atoms with van der Waals surface area (Å²) < 4.78 is 1.94. The van der Waals surface area contributed by atoms with E-state index in [1.54, 1.807) is 6.07 Å². The number of carboxylic acids is 1. The molecule has 0 bridgehead atoms. The Kier molecular flexibility index (Phi) is 1.63. The van der Waals surface area contributed by atoms with Crippen LogP contribution in [0.2, 0.25) is 0 Å². The van der Waals surface area contributed by atoms with Crippen LogP contribution < -0.4 is 0 Å². The molecule has 0 spiro atoms. The standard InChI is InChI=1S/C7H5N3O2S/c11-7(12)4-3-9-10-5(13)1-2-8-6(4)10/h1-3,9H,(H,11,12). The molecule has 2 N–H and O–H groups in total. The van der Waals surface area contributed by atoms with Gasteiger partial charge in [0.25, 0.3) is 0 Å². The maximum atomic E-state index is 10.7. The Balaban J connectivity index is 2.91. The molecule has 0 aromatic carbocycles. The minimum absolute atomic E-state index is 0.117. The highest BCUT2D eigenvalue weighted by atomic mass is 32.1. The molecule has 66 valence electrons. The van der Waals surface area contributed by atoms with Gasteiger partial charge in [0, 0.05) is 12.4 Å². The van der Waals surface area contributed by atoms with Gasteiger partial charge in [-0.15, -0.1) is 0 Å². The number of aromatic amines is 1. The van der Waals surface area contributed by atoms with Gasteiger partial charge in [0.05, 0.1) is 0 Å². The van der Waals surface area contributed by atoms with Crippen molar-refractivity contribution in [1.82, 2.24) is 14.6 Å². The van der Waals surface area contributed by atoms with Crippen LogP contribution in [0.15, 0.2) is 18.5 Å². The lowest BCUT2D eigenvalue weighted by Crippen LogP contribution is -1.97. The second-order valence-corrected chi connectivity index (χ2v) is 2.85. The Morgan fingerprint density at radius 2 is 2.46 bits per heavy atom. The zero-order chi connectivity index (χ0) is 9.42. The molecule has 0 aliphatic rings. The number of fused-ring (bicyclic) bond motifs is 1. The van der Waals surface area contributed by atoms with E-state index < -0.39 is 5.97 Å². The number of nitrogens with zero attached hydrogens (tertiary/aromatic N) is 2. The number of rotatable bonds is 1.